The lowest BCUT2D eigenvalue weighted by Gasteiger charge is -2.32. The van der Waals surface area contributed by atoms with Crippen LogP contribution in [0, 0.1) is 23.0 Å². The van der Waals surface area contributed by atoms with E-state index in [1.165, 1.54) is 12.3 Å². The molecule has 0 N–H and O–H groups in total. The highest BCUT2D eigenvalue weighted by atomic mass is 19.3. The van der Waals surface area contributed by atoms with Gasteiger partial charge in [0.05, 0.1) is 4.92 Å². The Morgan fingerprint density at radius 3 is 2.47 bits per heavy atom. The van der Waals surface area contributed by atoms with Gasteiger partial charge in [-0.05, 0) is 6.07 Å². The smallest absolute Gasteiger partial charge is 0.310 e. The number of rotatable bonds is 2. The van der Waals surface area contributed by atoms with Crippen LogP contribution < -0.4 is 4.90 Å². The molecular formula is C12H13F2N3O2. The van der Waals surface area contributed by atoms with Crippen LogP contribution in [0.5, 0.6) is 0 Å². The summed E-state index contributed by atoms with van der Waals surface area (Å²) in [5.41, 5.74) is 0.221. The van der Waals surface area contributed by atoms with Crippen molar-refractivity contribution in [3.8, 4) is 12.8 Å². The monoisotopic (exact) mass is 269 g/mol. The fourth-order valence-electron chi connectivity index (χ4n) is 1.86. The van der Waals surface area contributed by atoms with Gasteiger partial charge in [0.1, 0.15) is 11.9 Å². The average Bonchev–Trinajstić information content (AvgIpc) is 2.41. The number of halogens is 2. The van der Waals surface area contributed by atoms with E-state index in [4.69, 9.17) is 0 Å². The third kappa shape index (κ3) is 3.61. The molecule has 0 amide bonds. The second-order valence-electron chi connectivity index (χ2n) is 3.96. The molecule has 1 aliphatic rings. The maximum atomic E-state index is 13.0. The van der Waals surface area contributed by atoms with Crippen LogP contribution in [0.15, 0.2) is 18.5 Å². The van der Waals surface area contributed by atoms with E-state index in [2.05, 4.69) is 17.8 Å². The zero-order chi connectivity index (χ0) is 14.5. The van der Waals surface area contributed by atoms with Crippen molar-refractivity contribution < 1.29 is 13.7 Å². The second kappa shape index (κ2) is 6.09. The number of aromatic nitrogens is 1. The van der Waals surface area contributed by atoms with Gasteiger partial charge in [0.15, 0.2) is 0 Å². The zero-order valence-electron chi connectivity index (χ0n) is 10.1. The van der Waals surface area contributed by atoms with Crippen molar-refractivity contribution in [2.24, 2.45) is 0 Å². The lowest BCUT2D eigenvalue weighted by atomic mass is 10.1. The fourth-order valence-corrected chi connectivity index (χ4v) is 1.86. The van der Waals surface area contributed by atoms with Crippen molar-refractivity contribution in [3.05, 3.63) is 28.6 Å². The highest BCUT2D eigenvalue weighted by Gasteiger charge is 2.35. The summed E-state index contributed by atoms with van der Waals surface area (Å²) in [6.45, 7) is 0.246. The number of alkyl halides is 2. The van der Waals surface area contributed by atoms with Gasteiger partial charge in [-0.2, -0.15) is 0 Å². The lowest BCUT2D eigenvalue weighted by Crippen LogP contribution is -2.39. The van der Waals surface area contributed by atoms with Crippen LogP contribution in [0.4, 0.5) is 20.2 Å². The quantitative estimate of drug-likeness (QED) is 0.470. The summed E-state index contributed by atoms with van der Waals surface area (Å²) in [6, 6.07) is 1.49. The SMILES string of the molecule is C#C.O=[N+]([O-])c1cnccc1N1CCC(F)(F)CC1. The average molecular weight is 269 g/mol. The molecule has 0 radical (unpaired) electrons. The summed E-state index contributed by atoms with van der Waals surface area (Å²) in [7, 11) is 0. The Labute approximate surface area is 109 Å². The van der Waals surface area contributed by atoms with Gasteiger partial charge >= 0.3 is 5.69 Å². The summed E-state index contributed by atoms with van der Waals surface area (Å²) in [5.74, 6) is -2.65. The summed E-state index contributed by atoms with van der Waals surface area (Å²) in [6.07, 6.45) is 10.0. The first kappa shape index (κ1) is 14.8. The molecule has 0 aromatic carbocycles. The van der Waals surface area contributed by atoms with E-state index in [0.29, 0.717) is 5.69 Å². The molecule has 0 atom stereocenters. The molecule has 1 aromatic heterocycles. The van der Waals surface area contributed by atoms with Gasteiger partial charge in [0.25, 0.3) is 5.92 Å². The van der Waals surface area contributed by atoms with E-state index in [0.717, 1.165) is 6.20 Å². The Balaban J connectivity index is 0.000000861. The van der Waals surface area contributed by atoms with Crippen molar-refractivity contribution >= 4 is 11.4 Å². The first-order valence-electron chi connectivity index (χ1n) is 5.54. The molecule has 0 unspecified atom stereocenters. The number of hydrogen-bond acceptors (Lipinski definition) is 4. The van der Waals surface area contributed by atoms with Crippen molar-refractivity contribution in [3.63, 3.8) is 0 Å². The third-order valence-electron chi connectivity index (χ3n) is 2.81. The number of piperidine rings is 1. The molecule has 1 fully saturated rings. The van der Waals surface area contributed by atoms with Gasteiger partial charge in [-0.25, -0.2) is 8.78 Å². The molecule has 5 nitrogen and oxygen atoms in total. The molecule has 0 bridgehead atoms. The fraction of sp³-hybridized carbons (Fsp3) is 0.417. The van der Waals surface area contributed by atoms with Crippen molar-refractivity contribution in [1.29, 1.82) is 0 Å². The molecule has 102 valence electrons. The predicted molar refractivity (Wildman–Crippen MR) is 67.2 cm³/mol. The van der Waals surface area contributed by atoms with Crippen molar-refractivity contribution in [1.82, 2.24) is 4.98 Å². The van der Waals surface area contributed by atoms with Crippen LogP contribution in [-0.4, -0.2) is 28.9 Å². The van der Waals surface area contributed by atoms with Gasteiger partial charge < -0.3 is 4.90 Å². The van der Waals surface area contributed by atoms with E-state index in [-0.39, 0.29) is 31.6 Å². The minimum Gasteiger partial charge on any atom is -0.365 e. The Hall–Kier alpha value is -2.23. The number of pyridine rings is 1. The van der Waals surface area contributed by atoms with Crippen molar-refractivity contribution in [2.45, 2.75) is 18.8 Å². The van der Waals surface area contributed by atoms with Gasteiger partial charge in [-0.1, -0.05) is 0 Å². The lowest BCUT2D eigenvalue weighted by molar-refractivity contribution is -0.384. The molecule has 1 aromatic rings. The first-order valence-corrected chi connectivity index (χ1v) is 5.54. The molecule has 0 saturated carbocycles. The van der Waals surface area contributed by atoms with E-state index in [1.54, 1.807) is 4.90 Å². The highest BCUT2D eigenvalue weighted by Crippen LogP contribution is 2.33. The Kier molecular flexibility index (Phi) is 4.75. The van der Waals surface area contributed by atoms with Gasteiger partial charge in [-0.15, -0.1) is 12.8 Å². The van der Waals surface area contributed by atoms with Crippen LogP contribution in [0.2, 0.25) is 0 Å². The molecular weight excluding hydrogens is 256 g/mol. The highest BCUT2D eigenvalue weighted by molar-refractivity contribution is 5.61. The third-order valence-corrected chi connectivity index (χ3v) is 2.81. The largest absolute Gasteiger partial charge is 0.365 e. The number of hydrogen-bond donors (Lipinski definition) is 0. The molecule has 1 saturated heterocycles. The number of nitrogens with zero attached hydrogens (tertiary/aromatic N) is 3. The molecule has 2 heterocycles. The van der Waals surface area contributed by atoms with Gasteiger partial charge in [-0.3, -0.25) is 15.1 Å². The van der Waals surface area contributed by atoms with Crippen LogP contribution in [-0.2, 0) is 0 Å². The van der Waals surface area contributed by atoms with Crippen LogP contribution >= 0.6 is 0 Å². The molecule has 19 heavy (non-hydrogen) atoms. The Morgan fingerprint density at radius 1 is 1.37 bits per heavy atom. The Bertz CT molecular complexity index is 467. The van der Waals surface area contributed by atoms with E-state index < -0.39 is 10.8 Å². The standard InChI is InChI=1S/C10H11F2N3O2.C2H2/c11-10(12)2-5-14(6-3-10)8-1-4-13-7-9(8)15(16)17;1-2/h1,4,7H,2-3,5-6H2;1-2H. The normalized spacial score (nSPS) is 17.2. The summed E-state index contributed by atoms with van der Waals surface area (Å²) < 4.78 is 26.0. The van der Waals surface area contributed by atoms with E-state index in [9.17, 15) is 18.9 Å². The topological polar surface area (TPSA) is 59.3 Å². The maximum absolute atomic E-state index is 13.0. The number of anilines is 1. The van der Waals surface area contributed by atoms with Crippen molar-refractivity contribution in [2.75, 3.05) is 18.0 Å². The van der Waals surface area contributed by atoms with Gasteiger partial charge in [0.2, 0.25) is 0 Å². The maximum Gasteiger partial charge on any atom is 0.310 e. The number of terminal acetylenes is 1. The zero-order valence-corrected chi connectivity index (χ0v) is 10.1. The summed E-state index contributed by atoms with van der Waals surface area (Å²) >= 11 is 0. The summed E-state index contributed by atoms with van der Waals surface area (Å²) in [4.78, 5) is 15.5. The first-order chi connectivity index (χ1) is 8.99. The minimum absolute atomic E-state index is 0.123. The predicted octanol–water partition coefficient (Wildman–Crippen LogP) is 2.47. The molecule has 7 heteroatoms. The molecule has 1 aliphatic heterocycles. The Morgan fingerprint density at radius 2 is 1.95 bits per heavy atom. The summed E-state index contributed by atoms with van der Waals surface area (Å²) in [5, 5.41) is 10.8. The van der Waals surface area contributed by atoms with Crippen LogP contribution in [0.1, 0.15) is 12.8 Å². The minimum atomic E-state index is -2.65. The van der Waals surface area contributed by atoms with Crippen LogP contribution in [0.3, 0.4) is 0 Å². The second-order valence-corrected chi connectivity index (χ2v) is 3.96. The molecule has 0 aliphatic carbocycles. The number of nitro groups is 1. The van der Waals surface area contributed by atoms with Gasteiger partial charge in [0, 0.05) is 32.1 Å². The van der Waals surface area contributed by atoms with E-state index in [1.807, 2.05) is 0 Å². The molecule has 2 rings (SSSR count). The van der Waals surface area contributed by atoms with Crippen LogP contribution in [0.25, 0.3) is 0 Å². The molecule has 0 spiro atoms. The van der Waals surface area contributed by atoms with E-state index >= 15 is 0 Å².